The molecular formula is C77H134O10Si4. The van der Waals surface area contributed by atoms with E-state index in [1.165, 1.54) is 33.4 Å². The zero-order chi connectivity index (χ0) is 69.1. The van der Waals surface area contributed by atoms with Crippen molar-refractivity contribution in [1.29, 1.82) is 0 Å². The molecule has 4 fully saturated rings. The summed E-state index contributed by atoms with van der Waals surface area (Å²) in [5, 5.41) is 9.66. The summed E-state index contributed by atoms with van der Waals surface area (Å²) in [7, 11) is -7.95. The predicted molar refractivity (Wildman–Crippen MR) is 392 cm³/mol. The molecule has 6 aliphatic carbocycles. The number of carboxylic acids is 1. The second-order valence-electron chi connectivity index (χ2n) is 35.0. The van der Waals surface area contributed by atoms with E-state index in [9.17, 15) is 9.59 Å². The zero-order valence-corrected chi connectivity index (χ0v) is 67.1. The summed E-state index contributed by atoms with van der Waals surface area (Å²) < 4.78 is 46.1. The molecule has 10 nitrogen and oxygen atoms in total. The number of carbonyl (C=O) groups is 2. The fourth-order valence-corrected chi connectivity index (χ4v) is 19.6. The Kier molecular flexibility index (Phi) is 26.2. The molecule has 10 atom stereocenters. The van der Waals surface area contributed by atoms with Crippen LogP contribution in [0.4, 0.5) is 0 Å². The van der Waals surface area contributed by atoms with E-state index in [4.69, 9.17) is 37.0 Å². The molecule has 0 heterocycles. The second kappa shape index (κ2) is 30.1. The van der Waals surface area contributed by atoms with E-state index in [-0.39, 0.29) is 92.4 Å². The fraction of sp³-hybridized carbons (Fsp3) is 0.766. The third kappa shape index (κ3) is 19.0. The van der Waals surface area contributed by atoms with Gasteiger partial charge in [-0.1, -0.05) is 178 Å². The highest BCUT2D eigenvalue weighted by atomic mass is 28.4. The van der Waals surface area contributed by atoms with Crippen LogP contribution in [-0.2, 0) is 41.5 Å². The average molecular weight is 1330 g/mol. The Morgan fingerprint density at radius 2 is 0.890 bits per heavy atom. The van der Waals surface area contributed by atoms with Crippen LogP contribution in [0, 0.1) is 22.7 Å². The van der Waals surface area contributed by atoms with E-state index in [0.29, 0.717) is 11.8 Å². The summed E-state index contributed by atoms with van der Waals surface area (Å²) >= 11 is 0. The number of ether oxygens (including phenoxy) is 3. The van der Waals surface area contributed by atoms with Crippen molar-refractivity contribution < 1.29 is 46.6 Å². The lowest BCUT2D eigenvalue weighted by Crippen LogP contribution is -2.49. The molecule has 6 rings (SSSR count). The van der Waals surface area contributed by atoms with Crippen LogP contribution in [0.5, 0.6) is 0 Å². The van der Waals surface area contributed by atoms with Crippen LogP contribution in [0.2, 0.25) is 72.5 Å². The van der Waals surface area contributed by atoms with Gasteiger partial charge >= 0.3 is 11.9 Å². The van der Waals surface area contributed by atoms with Crippen LogP contribution in [-0.4, -0.2) is 106 Å². The van der Waals surface area contributed by atoms with Gasteiger partial charge in [0.2, 0.25) is 0 Å². The summed E-state index contributed by atoms with van der Waals surface area (Å²) in [6.07, 6.45) is 28.8. The number of carbonyl (C=O) groups excluding carboxylic acids is 1. The van der Waals surface area contributed by atoms with Gasteiger partial charge in [0, 0.05) is 12.8 Å². The Labute approximate surface area is 561 Å². The molecule has 1 unspecified atom stereocenters. The van der Waals surface area contributed by atoms with Crippen molar-refractivity contribution >= 4 is 45.2 Å². The van der Waals surface area contributed by atoms with E-state index in [0.717, 1.165) is 107 Å². The molecule has 1 N–H and O–H groups in total. The molecule has 4 saturated carbocycles. The molecule has 0 aromatic heterocycles. The normalized spacial score (nSPS) is 29.2. The van der Waals surface area contributed by atoms with Crippen molar-refractivity contribution in [3.8, 4) is 0 Å². The quantitative estimate of drug-likeness (QED) is 0.0638. The lowest BCUT2D eigenvalue weighted by molar-refractivity contribution is -0.168. The van der Waals surface area contributed by atoms with Crippen LogP contribution in [0.15, 0.2) is 94.2 Å². The molecule has 518 valence electrons. The van der Waals surface area contributed by atoms with Crippen LogP contribution in [0.1, 0.15) is 228 Å². The predicted octanol–water partition coefficient (Wildman–Crippen LogP) is 21.6. The first-order chi connectivity index (χ1) is 41.5. The van der Waals surface area contributed by atoms with Gasteiger partial charge < -0.3 is 37.0 Å². The van der Waals surface area contributed by atoms with E-state index in [1.807, 2.05) is 6.92 Å². The third-order valence-corrected chi connectivity index (χ3v) is 42.8. The number of hydrogen-bond acceptors (Lipinski definition) is 9. The Bertz CT molecular complexity index is 2750. The monoisotopic (exact) mass is 1330 g/mol. The molecule has 91 heavy (non-hydrogen) atoms. The molecule has 0 aromatic rings. The second-order valence-corrected chi connectivity index (χ2v) is 54.0. The molecule has 0 spiro atoms. The van der Waals surface area contributed by atoms with Crippen LogP contribution >= 0.6 is 0 Å². The molecule has 0 saturated heterocycles. The minimum atomic E-state index is -2.02. The SMILES string of the molecule is C=C1C(=CC=C2CCC[C@]3(C)C([C@H](C)OCC(=O)O)=CCC23)C[C@@H](O[Si](C)(C)C(C)(C)C)C[C@@H]1O[Si](C)(C)C(C)(C)C.C=C1C(=CC=C2CCC[C@]3(C)C([C@H](C)OCC(=O)OC(CC)(CC)CC)=CC[C@@H]23)C[C@@H](O[Si](C)(C)C(C)(C)C)C[C@@H]1O[Si](C)(C)C(C)(C)C. The minimum Gasteiger partial charge on any atom is -0.480 e. The number of allylic oxidation sites excluding steroid dienone is 8. The molecule has 0 bridgehead atoms. The van der Waals surface area contributed by atoms with Gasteiger partial charge in [0.15, 0.2) is 33.3 Å². The van der Waals surface area contributed by atoms with Gasteiger partial charge in [-0.3, -0.25) is 0 Å². The van der Waals surface area contributed by atoms with Crippen molar-refractivity contribution in [2.45, 2.75) is 343 Å². The molecule has 0 aliphatic heterocycles. The summed E-state index contributed by atoms with van der Waals surface area (Å²) in [6, 6.07) is 0. The van der Waals surface area contributed by atoms with Crippen LogP contribution in [0.25, 0.3) is 0 Å². The van der Waals surface area contributed by atoms with Crippen LogP contribution in [0.3, 0.4) is 0 Å². The van der Waals surface area contributed by atoms with Crippen molar-refractivity contribution in [3.63, 3.8) is 0 Å². The highest BCUT2D eigenvalue weighted by Crippen LogP contribution is 2.58. The standard InChI is InChI=1S/C42H74O5Si2.C35H60O5Si2/c1-17-42(18-2,19-3)45-38(43)29-44-31(5)35-24-25-36-32(21-20-26-41(35,36)12)22-23-33-27-34(46-48(13,14)39(6,7)8)28-37(30(33)4)47-49(15,16)40(9,10)11;1-24-27(17-16-26-15-14-20-35(9)29(18-19-30(26)35)25(2)38-23-32(36)37)21-28(39-41(10,11)33(3,4)5)22-31(24)40-42(12,13)34(6,7)8/h22-24,31,34,36-37H,4,17-21,25-29H2,1-3,5-16H3;16-18,25,28,30-31H,1,14-15,19-23H2,2-13H3,(H,36,37)/t31-,34+,36-,37-,41+;25-,28+,30?,31-,35+/m00/s1. The van der Waals surface area contributed by atoms with Gasteiger partial charge in [0.25, 0.3) is 0 Å². The largest absolute Gasteiger partial charge is 0.480 e. The Balaban J connectivity index is 0.000000334. The fourth-order valence-electron chi connectivity index (χ4n) is 14.3. The lowest BCUT2D eigenvalue weighted by atomic mass is 9.63. The lowest BCUT2D eigenvalue weighted by Gasteiger charge is -2.45. The Hall–Kier alpha value is -2.51. The molecule has 0 aromatic carbocycles. The number of hydrogen-bond donors (Lipinski definition) is 1. The first-order valence-electron chi connectivity index (χ1n) is 35.5. The number of fused-ring (bicyclic) bond motifs is 2. The first-order valence-corrected chi connectivity index (χ1v) is 47.1. The van der Waals surface area contributed by atoms with E-state index in [2.05, 4.69) is 227 Å². The maximum absolute atomic E-state index is 12.8. The average Bonchev–Trinajstić information content (AvgIpc) is 1.70. The number of carboxylic acid groups (broad SMARTS) is 1. The van der Waals surface area contributed by atoms with E-state index >= 15 is 0 Å². The van der Waals surface area contributed by atoms with Crippen molar-refractivity contribution in [2.24, 2.45) is 22.7 Å². The van der Waals surface area contributed by atoms with Crippen molar-refractivity contribution in [2.75, 3.05) is 13.2 Å². The summed E-state index contributed by atoms with van der Waals surface area (Å²) in [5.41, 5.74) is 10.0. The van der Waals surface area contributed by atoms with Crippen molar-refractivity contribution in [1.82, 2.24) is 0 Å². The van der Waals surface area contributed by atoms with Gasteiger partial charge in [0.1, 0.15) is 18.8 Å². The smallest absolute Gasteiger partial charge is 0.332 e. The minimum absolute atomic E-state index is 0.00582. The molecule has 14 heteroatoms. The summed E-state index contributed by atoms with van der Waals surface area (Å²) in [5.74, 6) is -0.316. The maximum Gasteiger partial charge on any atom is 0.332 e. The summed E-state index contributed by atoms with van der Waals surface area (Å²) in [6.45, 7) is 70.7. The highest BCUT2D eigenvalue weighted by Gasteiger charge is 2.51. The molecular weight excluding hydrogens is 1200 g/mol. The van der Waals surface area contributed by atoms with Crippen LogP contribution < -0.4 is 0 Å². The van der Waals surface area contributed by atoms with E-state index in [1.54, 1.807) is 0 Å². The zero-order valence-electron chi connectivity index (χ0n) is 63.1. The molecule has 0 amide bonds. The Morgan fingerprint density at radius 1 is 0.560 bits per heavy atom. The number of esters is 1. The van der Waals surface area contributed by atoms with Crippen molar-refractivity contribution in [3.05, 3.63) is 94.2 Å². The van der Waals surface area contributed by atoms with Gasteiger partial charge in [-0.2, -0.15) is 0 Å². The van der Waals surface area contributed by atoms with E-state index < -0.39 is 39.2 Å². The molecule has 6 aliphatic rings. The number of rotatable bonds is 22. The molecule has 0 radical (unpaired) electrons. The maximum atomic E-state index is 12.8. The topological polar surface area (TPSA) is 119 Å². The number of aliphatic carboxylic acids is 1. The van der Waals surface area contributed by atoms with Gasteiger partial charge in [-0.15, -0.1) is 0 Å². The first kappa shape index (κ1) is 79.2. The Morgan fingerprint density at radius 3 is 1.21 bits per heavy atom. The highest BCUT2D eigenvalue weighted by molar-refractivity contribution is 6.75. The van der Waals surface area contributed by atoms with Gasteiger partial charge in [-0.25, -0.2) is 9.59 Å². The summed E-state index contributed by atoms with van der Waals surface area (Å²) in [4.78, 5) is 23.9. The van der Waals surface area contributed by atoms with Gasteiger partial charge in [0.05, 0.1) is 36.6 Å². The third-order valence-electron chi connectivity index (χ3n) is 24.7. The van der Waals surface area contributed by atoms with Gasteiger partial charge in [-0.05, 0) is 226 Å².